The van der Waals surface area contributed by atoms with Crippen molar-refractivity contribution in [3.05, 3.63) is 0 Å². The van der Waals surface area contributed by atoms with Gasteiger partial charge < -0.3 is 4.90 Å². The molecule has 7 heteroatoms. The van der Waals surface area contributed by atoms with Gasteiger partial charge in [-0.2, -0.15) is 8.42 Å². The van der Waals surface area contributed by atoms with Crippen LogP contribution in [0.1, 0.15) is 39.5 Å². The van der Waals surface area contributed by atoms with Gasteiger partial charge in [-0.3, -0.25) is 4.79 Å². The lowest BCUT2D eigenvalue weighted by Gasteiger charge is -2.34. The van der Waals surface area contributed by atoms with Crippen molar-refractivity contribution in [3.8, 4) is 0 Å². The lowest BCUT2D eigenvalue weighted by Crippen LogP contribution is -2.46. The van der Waals surface area contributed by atoms with Crippen LogP contribution in [0.25, 0.3) is 0 Å². The number of carbonyl (C=O) groups is 1. The molecule has 2 atom stereocenters. The standard InChI is InChI=1S/C12H25N3O3S/c1-3-5-10(2)12(16)15-7-4-6-11(9-15)8-14-19(13,17)18/h10-11,14H,3-9H2,1-2H3,(H2,13,17,18). The second kappa shape index (κ2) is 7.21. The van der Waals surface area contributed by atoms with Crippen LogP contribution in [-0.2, 0) is 15.0 Å². The summed E-state index contributed by atoms with van der Waals surface area (Å²) >= 11 is 0. The maximum Gasteiger partial charge on any atom is 0.274 e. The summed E-state index contributed by atoms with van der Waals surface area (Å²) in [7, 11) is -3.64. The molecule has 3 N–H and O–H groups in total. The van der Waals surface area contributed by atoms with Crippen molar-refractivity contribution in [1.29, 1.82) is 0 Å². The summed E-state index contributed by atoms with van der Waals surface area (Å²) in [4.78, 5) is 14.1. The van der Waals surface area contributed by atoms with Crippen molar-refractivity contribution in [2.24, 2.45) is 17.0 Å². The van der Waals surface area contributed by atoms with E-state index < -0.39 is 10.2 Å². The summed E-state index contributed by atoms with van der Waals surface area (Å²) in [6, 6.07) is 0. The summed E-state index contributed by atoms with van der Waals surface area (Å²) in [5.74, 6) is 0.391. The number of nitrogens with zero attached hydrogens (tertiary/aromatic N) is 1. The number of hydrogen-bond donors (Lipinski definition) is 2. The molecule has 1 saturated heterocycles. The van der Waals surface area contributed by atoms with Crippen molar-refractivity contribution >= 4 is 16.1 Å². The molecule has 0 bridgehead atoms. The fourth-order valence-corrected chi connectivity index (χ4v) is 3.00. The molecule has 0 aliphatic carbocycles. The molecule has 0 aromatic carbocycles. The van der Waals surface area contributed by atoms with Crippen molar-refractivity contribution < 1.29 is 13.2 Å². The minimum absolute atomic E-state index is 0.0509. The lowest BCUT2D eigenvalue weighted by molar-refractivity contribution is -0.137. The predicted octanol–water partition coefficient (Wildman–Crippen LogP) is 0.454. The van der Waals surface area contributed by atoms with E-state index >= 15 is 0 Å². The third kappa shape index (κ3) is 5.88. The highest BCUT2D eigenvalue weighted by Crippen LogP contribution is 2.19. The van der Waals surface area contributed by atoms with Crippen LogP contribution in [0.5, 0.6) is 0 Å². The topological polar surface area (TPSA) is 92.5 Å². The van der Waals surface area contributed by atoms with Gasteiger partial charge in [0.25, 0.3) is 10.2 Å². The molecule has 6 nitrogen and oxygen atoms in total. The SMILES string of the molecule is CCCC(C)C(=O)N1CCCC(CNS(N)(=O)=O)C1. The van der Waals surface area contributed by atoms with E-state index in [0.717, 1.165) is 32.2 Å². The van der Waals surface area contributed by atoms with E-state index in [-0.39, 0.29) is 17.7 Å². The average molecular weight is 291 g/mol. The van der Waals surface area contributed by atoms with E-state index in [0.29, 0.717) is 13.1 Å². The fourth-order valence-electron chi connectivity index (χ4n) is 2.53. The largest absolute Gasteiger partial charge is 0.342 e. The molecule has 19 heavy (non-hydrogen) atoms. The Labute approximate surface area is 115 Å². The van der Waals surface area contributed by atoms with E-state index in [1.165, 1.54) is 0 Å². The van der Waals surface area contributed by atoms with Crippen molar-refractivity contribution in [2.75, 3.05) is 19.6 Å². The van der Waals surface area contributed by atoms with Crippen LogP contribution in [-0.4, -0.2) is 38.9 Å². The van der Waals surface area contributed by atoms with Crippen molar-refractivity contribution in [3.63, 3.8) is 0 Å². The minimum Gasteiger partial charge on any atom is -0.342 e. The Balaban J connectivity index is 2.47. The average Bonchev–Trinajstić information content (AvgIpc) is 2.35. The molecule has 1 rings (SSSR count). The zero-order valence-corrected chi connectivity index (χ0v) is 12.6. The number of amides is 1. The molecule has 2 unspecified atom stereocenters. The molecular weight excluding hydrogens is 266 g/mol. The molecule has 1 heterocycles. The van der Waals surface area contributed by atoms with Gasteiger partial charge >= 0.3 is 0 Å². The molecule has 1 fully saturated rings. The van der Waals surface area contributed by atoms with E-state index in [4.69, 9.17) is 5.14 Å². The van der Waals surface area contributed by atoms with Crippen LogP contribution in [0.2, 0.25) is 0 Å². The maximum absolute atomic E-state index is 12.2. The summed E-state index contributed by atoms with van der Waals surface area (Å²) in [6.45, 7) is 5.73. The zero-order chi connectivity index (χ0) is 14.5. The zero-order valence-electron chi connectivity index (χ0n) is 11.8. The first-order valence-corrected chi connectivity index (χ1v) is 8.44. The van der Waals surface area contributed by atoms with Gasteiger partial charge in [-0.15, -0.1) is 0 Å². The number of nitrogens with one attached hydrogen (secondary N) is 1. The molecule has 1 amide bonds. The monoisotopic (exact) mass is 291 g/mol. The first kappa shape index (κ1) is 16.4. The van der Waals surface area contributed by atoms with Gasteiger partial charge in [0.2, 0.25) is 5.91 Å². The van der Waals surface area contributed by atoms with Crippen molar-refractivity contribution in [1.82, 2.24) is 9.62 Å². The van der Waals surface area contributed by atoms with Gasteiger partial charge in [-0.1, -0.05) is 20.3 Å². The van der Waals surface area contributed by atoms with E-state index in [1.54, 1.807) is 0 Å². The van der Waals surface area contributed by atoms with Gasteiger partial charge in [0, 0.05) is 25.6 Å². The van der Waals surface area contributed by atoms with Crippen LogP contribution in [0, 0.1) is 11.8 Å². The van der Waals surface area contributed by atoms with Gasteiger partial charge in [0.05, 0.1) is 0 Å². The van der Waals surface area contributed by atoms with Gasteiger partial charge in [-0.25, -0.2) is 9.86 Å². The maximum atomic E-state index is 12.2. The molecule has 1 aliphatic heterocycles. The number of nitrogens with two attached hydrogens (primary N) is 1. The quantitative estimate of drug-likeness (QED) is 0.744. The van der Waals surface area contributed by atoms with Crippen LogP contribution in [0.4, 0.5) is 0 Å². The first-order valence-electron chi connectivity index (χ1n) is 6.89. The van der Waals surface area contributed by atoms with Crippen LogP contribution in [0.3, 0.4) is 0 Å². The molecular formula is C12H25N3O3S. The third-order valence-electron chi connectivity index (χ3n) is 3.55. The highest BCUT2D eigenvalue weighted by molar-refractivity contribution is 7.87. The van der Waals surface area contributed by atoms with E-state index in [2.05, 4.69) is 11.6 Å². The number of rotatable bonds is 6. The summed E-state index contributed by atoms with van der Waals surface area (Å²) in [6.07, 6.45) is 3.74. The molecule has 0 radical (unpaired) electrons. The highest BCUT2D eigenvalue weighted by atomic mass is 32.2. The lowest BCUT2D eigenvalue weighted by atomic mass is 9.96. The number of hydrogen-bond acceptors (Lipinski definition) is 3. The molecule has 0 spiro atoms. The molecule has 0 aromatic rings. The second-order valence-corrected chi connectivity index (χ2v) is 6.75. The molecule has 0 aromatic heterocycles. The Bertz CT molecular complexity index is 397. The molecule has 1 aliphatic rings. The highest BCUT2D eigenvalue weighted by Gasteiger charge is 2.26. The molecule has 0 saturated carbocycles. The van der Waals surface area contributed by atoms with Gasteiger partial charge in [0.1, 0.15) is 0 Å². The Morgan fingerprint density at radius 1 is 1.53 bits per heavy atom. The number of carbonyl (C=O) groups excluding carboxylic acids is 1. The summed E-state index contributed by atoms with van der Waals surface area (Å²) in [5, 5.41) is 4.92. The smallest absolute Gasteiger partial charge is 0.274 e. The van der Waals surface area contributed by atoms with Crippen LogP contribution < -0.4 is 9.86 Å². The minimum atomic E-state index is -3.64. The van der Waals surface area contributed by atoms with E-state index in [1.807, 2.05) is 11.8 Å². The fraction of sp³-hybridized carbons (Fsp3) is 0.917. The van der Waals surface area contributed by atoms with E-state index in [9.17, 15) is 13.2 Å². The van der Waals surface area contributed by atoms with Gasteiger partial charge in [0.15, 0.2) is 0 Å². The number of likely N-dealkylation sites (tertiary alicyclic amines) is 1. The summed E-state index contributed by atoms with van der Waals surface area (Å²) in [5.41, 5.74) is 0. The van der Waals surface area contributed by atoms with Crippen LogP contribution in [0.15, 0.2) is 0 Å². The Kier molecular flexibility index (Phi) is 6.22. The summed E-state index contributed by atoms with van der Waals surface area (Å²) < 4.78 is 24.1. The Hall–Kier alpha value is -0.660. The second-order valence-electron chi connectivity index (χ2n) is 5.38. The Morgan fingerprint density at radius 3 is 2.79 bits per heavy atom. The van der Waals surface area contributed by atoms with Crippen LogP contribution >= 0.6 is 0 Å². The normalized spacial score (nSPS) is 22.3. The number of piperidine rings is 1. The third-order valence-corrected chi connectivity index (χ3v) is 4.12. The molecule has 112 valence electrons. The predicted molar refractivity (Wildman–Crippen MR) is 74.5 cm³/mol. The Morgan fingerprint density at radius 2 is 2.21 bits per heavy atom. The van der Waals surface area contributed by atoms with Crippen molar-refractivity contribution in [2.45, 2.75) is 39.5 Å². The first-order chi connectivity index (χ1) is 8.83. The van der Waals surface area contributed by atoms with Gasteiger partial charge in [-0.05, 0) is 25.2 Å².